The van der Waals surface area contributed by atoms with Crippen LogP contribution in [-0.4, -0.2) is 28.2 Å². The first-order valence-electron chi connectivity index (χ1n) is 9.11. The molecule has 1 aromatic carbocycles. The molecule has 0 saturated carbocycles. The molecule has 0 fully saturated rings. The third kappa shape index (κ3) is 4.21. The summed E-state index contributed by atoms with van der Waals surface area (Å²) in [4.78, 5) is 9.79. The van der Waals surface area contributed by atoms with Gasteiger partial charge in [0.15, 0.2) is 0 Å². The van der Waals surface area contributed by atoms with Crippen LogP contribution in [0.15, 0.2) is 18.2 Å². The number of benzene rings is 1. The van der Waals surface area contributed by atoms with Crippen LogP contribution in [0.3, 0.4) is 0 Å². The first-order valence-corrected chi connectivity index (χ1v) is 9.11. The van der Waals surface area contributed by atoms with E-state index >= 15 is 0 Å². The summed E-state index contributed by atoms with van der Waals surface area (Å²) < 4.78 is 5.44. The van der Waals surface area contributed by atoms with E-state index in [2.05, 4.69) is 33.0 Å². The average molecular weight is 343 g/mol. The number of nitrogens with one attached hydrogen (secondary N) is 1. The molecule has 1 aromatic heterocycles. The number of anilines is 1. The number of hydrogen-bond donors (Lipinski definition) is 2. The Morgan fingerprint density at radius 3 is 2.28 bits per heavy atom. The summed E-state index contributed by atoms with van der Waals surface area (Å²) in [5.74, 6) is 1.66. The minimum atomic E-state index is 0.175. The fourth-order valence-electron chi connectivity index (χ4n) is 2.89. The Hall–Kier alpha value is -2.30. The van der Waals surface area contributed by atoms with Crippen LogP contribution >= 0.6 is 0 Å². The Bertz CT molecular complexity index is 712. The lowest BCUT2D eigenvalue weighted by atomic mass is 10.1. The van der Waals surface area contributed by atoms with Crippen molar-refractivity contribution in [3.8, 4) is 22.8 Å². The Kier molecular flexibility index (Phi) is 6.62. The van der Waals surface area contributed by atoms with Crippen molar-refractivity contribution in [1.29, 1.82) is 0 Å². The molecule has 25 heavy (non-hydrogen) atoms. The van der Waals surface area contributed by atoms with Gasteiger partial charge in [0.25, 0.3) is 0 Å². The Balaban J connectivity index is 2.56. The van der Waals surface area contributed by atoms with E-state index < -0.39 is 0 Å². The second kappa shape index (κ2) is 8.70. The van der Waals surface area contributed by atoms with Gasteiger partial charge in [-0.3, -0.25) is 0 Å². The van der Waals surface area contributed by atoms with Crippen molar-refractivity contribution in [2.45, 2.75) is 59.4 Å². The number of ether oxygens (including phenoxy) is 1. The molecule has 136 valence electrons. The van der Waals surface area contributed by atoms with Crippen LogP contribution in [0.2, 0.25) is 0 Å². The number of hydrogen-bond acceptors (Lipinski definition) is 5. The number of rotatable bonds is 8. The molecule has 0 aliphatic heterocycles. The van der Waals surface area contributed by atoms with E-state index in [1.165, 1.54) is 0 Å². The van der Waals surface area contributed by atoms with Gasteiger partial charge in [-0.1, -0.05) is 27.7 Å². The molecule has 5 nitrogen and oxygen atoms in total. The van der Waals surface area contributed by atoms with E-state index in [1.807, 2.05) is 6.07 Å². The van der Waals surface area contributed by atoms with Crippen LogP contribution < -0.4 is 10.1 Å². The van der Waals surface area contributed by atoms with Crippen molar-refractivity contribution in [3.05, 3.63) is 29.6 Å². The number of aromatic hydroxyl groups is 1. The standard InChI is InChI=1S/C20H29N3O2/c1-6-13(7-2)21-20-17(9-4)22-19(16(8-3)23-20)15-11-10-14(24)12-18(15)25-5/h10-13,24H,6-9H2,1-5H3,(H,21,23). The van der Waals surface area contributed by atoms with E-state index in [0.717, 1.165) is 54.1 Å². The quantitative estimate of drug-likeness (QED) is 0.734. The van der Waals surface area contributed by atoms with E-state index in [4.69, 9.17) is 14.7 Å². The summed E-state index contributed by atoms with van der Waals surface area (Å²) in [5.41, 5.74) is 3.56. The van der Waals surface area contributed by atoms with E-state index in [-0.39, 0.29) is 5.75 Å². The molecule has 0 bridgehead atoms. The van der Waals surface area contributed by atoms with Gasteiger partial charge in [0, 0.05) is 17.7 Å². The predicted molar refractivity (Wildman–Crippen MR) is 102 cm³/mol. The molecular weight excluding hydrogens is 314 g/mol. The van der Waals surface area contributed by atoms with Crippen molar-refractivity contribution >= 4 is 5.82 Å². The minimum absolute atomic E-state index is 0.175. The maximum Gasteiger partial charge on any atom is 0.148 e. The normalized spacial score (nSPS) is 11.0. The zero-order valence-corrected chi connectivity index (χ0v) is 15.9. The van der Waals surface area contributed by atoms with Gasteiger partial charge in [-0.15, -0.1) is 0 Å². The van der Waals surface area contributed by atoms with Crippen molar-refractivity contribution < 1.29 is 9.84 Å². The molecule has 0 aliphatic rings. The number of aromatic nitrogens is 2. The monoisotopic (exact) mass is 343 g/mol. The molecular formula is C20H29N3O2. The third-order valence-electron chi connectivity index (χ3n) is 4.48. The van der Waals surface area contributed by atoms with Gasteiger partial charge < -0.3 is 15.2 Å². The summed E-state index contributed by atoms with van der Waals surface area (Å²) in [6, 6.07) is 5.50. The maximum atomic E-state index is 9.71. The number of methoxy groups -OCH3 is 1. The van der Waals surface area contributed by atoms with Crippen LogP contribution in [-0.2, 0) is 12.8 Å². The van der Waals surface area contributed by atoms with Crippen LogP contribution in [0, 0.1) is 0 Å². The highest BCUT2D eigenvalue weighted by atomic mass is 16.5. The molecule has 5 heteroatoms. The van der Waals surface area contributed by atoms with Crippen LogP contribution in [0.25, 0.3) is 11.3 Å². The predicted octanol–water partition coefficient (Wildman–Crippen LogP) is 4.58. The zero-order chi connectivity index (χ0) is 18.4. The van der Waals surface area contributed by atoms with Gasteiger partial charge in [-0.25, -0.2) is 9.97 Å². The molecule has 0 aliphatic carbocycles. The first-order chi connectivity index (χ1) is 12.1. The van der Waals surface area contributed by atoms with Gasteiger partial charge in [-0.2, -0.15) is 0 Å². The minimum Gasteiger partial charge on any atom is -0.508 e. The van der Waals surface area contributed by atoms with Crippen molar-refractivity contribution in [1.82, 2.24) is 9.97 Å². The van der Waals surface area contributed by atoms with Crippen molar-refractivity contribution in [2.75, 3.05) is 12.4 Å². The first kappa shape index (κ1) is 19.0. The summed E-state index contributed by atoms with van der Waals surface area (Å²) in [6.45, 7) is 8.52. The summed E-state index contributed by atoms with van der Waals surface area (Å²) in [7, 11) is 1.60. The van der Waals surface area contributed by atoms with Gasteiger partial charge in [0.1, 0.15) is 17.3 Å². The number of phenols is 1. The van der Waals surface area contributed by atoms with Crippen molar-refractivity contribution in [2.24, 2.45) is 0 Å². The molecule has 0 saturated heterocycles. The van der Waals surface area contributed by atoms with Crippen molar-refractivity contribution in [3.63, 3.8) is 0 Å². The molecule has 0 atom stereocenters. The van der Waals surface area contributed by atoms with Crippen LogP contribution in [0.4, 0.5) is 5.82 Å². The van der Waals surface area contributed by atoms with Gasteiger partial charge in [0.2, 0.25) is 0 Å². The Morgan fingerprint density at radius 2 is 1.72 bits per heavy atom. The van der Waals surface area contributed by atoms with Gasteiger partial charge >= 0.3 is 0 Å². The van der Waals surface area contributed by atoms with Crippen LogP contribution in [0.5, 0.6) is 11.5 Å². The number of aryl methyl sites for hydroxylation is 2. The zero-order valence-electron chi connectivity index (χ0n) is 15.9. The number of nitrogens with zero attached hydrogens (tertiary/aromatic N) is 2. The Morgan fingerprint density at radius 1 is 1.04 bits per heavy atom. The lowest BCUT2D eigenvalue weighted by Gasteiger charge is -2.20. The third-order valence-corrected chi connectivity index (χ3v) is 4.48. The second-order valence-corrected chi connectivity index (χ2v) is 6.06. The lowest BCUT2D eigenvalue weighted by molar-refractivity contribution is 0.409. The Labute approximate surface area is 150 Å². The highest BCUT2D eigenvalue weighted by Gasteiger charge is 2.18. The topological polar surface area (TPSA) is 67.3 Å². The van der Waals surface area contributed by atoms with Crippen LogP contribution in [0.1, 0.15) is 51.9 Å². The summed E-state index contributed by atoms with van der Waals surface area (Å²) >= 11 is 0. The molecule has 1 heterocycles. The average Bonchev–Trinajstić information content (AvgIpc) is 2.65. The molecule has 2 aromatic rings. The highest BCUT2D eigenvalue weighted by molar-refractivity contribution is 5.71. The molecule has 2 N–H and O–H groups in total. The fourth-order valence-corrected chi connectivity index (χ4v) is 2.89. The number of phenolic OH excluding ortho intramolecular Hbond substituents is 1. The summed E-state index contributed by atoms with van der Waals surface area (Å²) in [6.07, 6.45) is 3.67. The molecule has 0 spiro atoms. The molecule has 0 amide bonds. The highest BCUT2D eigenvalue weighted by Crippen LogP contribution is 2.34. The fraction of sp³-hybridized carbons (Fsp3) is 0.500. The van der Waals surface area contributed by atoms with Gasteiger partial charge in [0.05, 0.1) is 24.2 Å². The molecule has 0 unspecified atom stereocenters. The maximum absolute atomic E-state index is 9.71. The lowest BCUT2D eigenvalue weighted by Crippen LogP contribution is -2.20. The molecule has 2 rings (SSSR count). The molecule has 0 radical (unpaired) electrons. The van der Waals surface area contributed by atoms with E-state index in [0.29, 0.717) is 11.8 Å². The van der Waals surface area contributed by atoms with E-state index in [9.17, 15) is 5.11 Å². The van der Waals surface area contributed by atoms with Gasteiger partial charge in [-0.05, 0) is 37.8 Å². The smallest absolute Gasteiger partial charge is 0.148 e. The van der Waals surface area contributed by atoms with E-state index in [1.54, 1.807) is 19.2 Å². The SMILES string of the molecule is CCc1nc(-c2ccc(O)cc2OC)c(CC)nc1NC(CC)CC. The largest absolute Gasteiger partial charge is 0.508 e. The second-order valence-electron chi connectivity index (χ2n) is 6.06. The summed E-state index contributed by atoms with van der Waals surface area (Å²) in [5, 5.41) is 13.3.